The maximum absolute atomic E-state index is 13.2. The Kier molecular flexibility index (Phi) is 5.79. The maximum Gasteiger partial charge on any atom is 0.417 e. The monoisotopic (exact) mass is 442 g/mol. The summed E-state index contributed by atoms with van der Waals surface area (Å²) in [5.74, 6) is -3.84. The first-order valence-electron chi connectivity index (χ1n) is 8.17. The summed E-state index contributed by atoms with van der Waals surface area (Å²) >= 11 is 5.70. The van der Waals surface area contributed by atoms with E-state index in [1.807, 2.05) is 0 Å². The molecule has 1 amide bonds. The molecule has 0 fully saturated rings. The van der Waals surface area contributed by atoms with Crippen molar-refractivity contribution < 1.29 is 37.0 Å². The summed E-state index contributed by atoms with van der Waals surface area (Å²) in [7, 11) is 0. The van der Waals surface area contributed by atoms with Gasteiger partial charge in [0, 0.05) is 18.4 Å². The highest BCUT2D eigenvalue weighted by Crippen LogP contribution is 2.41. The van der Waals surface area contributed by atoms with Gasteiger partial charge in [-0.1, -0.05) is 11.6 Å². The number of alkyl halides is 3. The lowest BCUT2D eigenvalue weighted by atomic mass is 10.1. The van der Waals surface area contributed by atoms with Crippen molar-refractivity contribution in [3.05, 3.63) is 64.1 Å². The minimum absolute atomic E-state index is 0.0165. The van der Waals surface area contributed by atoms with E-state index in [0.717, 1.165) is 24.3 Å². The normalized spacial score (nSPS) is 13.8. The standard InChI is InChI=1S/C19H11ClF4N2O4/c20-14-5-12(18(29)26-10-4-11(27)8-25-7-10)17(6-13(14)19(22,23)24)30-16-2-1-9(21)3-15(16)28/h1-7,28H,8H2,(H,26,29). The fourth-order valence-electron chi connectivity index (χ4n) is 2.48. The predicted octanol–water partition coefficient (Wildman–Crippen LogP) is 4.26. The molecule has 0 aliphatic carbocycles. The number of carbonyl (C=O) groups is 2. The molecule has 0 spiro atoms. The number of dihydropyridines is 1. The topological polar surface area (TPSA) is 88.0 Å². The molecular weight excluding hydrogens is 432 g/mol. The highest BCUT2D eigenvalue weighted by atomic mass is 35.5. The van der Waals surface area contributed by atoms with Crippen molar-refractivity contribution >= 4 is 29.5 Å². The second-order valence-electron chi connectivity index (χ2n) is 6.03. The number of nitrogens with one attached hydrogen (secondary N) is 1. The Morgan fingerprint density at radius 2 is 1.93 bits per heavy atom. The zero-order chi connectivity index (χ0) is 22.1. The van der Waals surface area contributed by atoms with Gasteiger partial charge in [0.1, 0.15) is 18.1 Å². The van der Waals surface area contributed by atoms with Gasteiger partial charge in [-0.15, -0.1) is 0 Å². The van der Waals surface area contributed by atoms with Crippen molar-refractivity contribution in [3.63, 3.8) is 0 Å². The van der Waals surface area contributed by atoms with Crippen molar-refractivity contribution in [1.82, 2.24) is 5.32 Å². The third kappa shape index (κ3) is 4.77. The molecule has 30 heavy (non-hydrogen) atoms. The first-order valence-corrected chi connectivity index (χ1v) is 8.55. The summed E-state index contributed by atoms with van der Waals surface area (Å²) in [6.07, 6.45) is -2.56. The van der Waals surface area contributed by atoms with Crippen molar-refractivity contribution in [3.8, 4) is 17.2 Å². The summed E-state index contributed by atoms with van der Waals surface area (Å²) in [6, 6.07) is 3.78. The number of benzene rings is 2. The van der Waals surface area contributed by atoms with Gasteiger partial charge >= 0.3 is 6.18 Å². The van der Waals surface area contributed by atoms with E-state index in [1.54, 1.807) is 0 Å². The van der Waals surface area contributed by atoms with E-state index in [2.05, 4.69) is 10.3 Å². The smallest absolute Gasteiger partial charge is 0.417 e. The summed E-state index contributed by atoms with van der Waals surface area (Å²) in [4.78, 5) is 27.7. The SMILES string of the molecule is O=C1C=C(NC(=O)c2cc(Cl)c(C(F)(F)F)cc2Oc2ccc(F)cc2O)C=NC1. The second-order valence-corrected chi connectivity index (χ2v) is 6.44. The van der Waals surface area contributed by atoms with Gasteiger partial charge in [-0.05, 0) is 24.3 Å². The molecule has 1 aliphatic rings. The number of aromatic hydroxyl groups is 1. The number of nitrogens with zero attached hydrogens (tertiary/aromatic N) is 1. The number of carbonyl (C=O) groups excluding carboxylic acids is 2. The molecular formula is C19H11ClF4N2O4. The summed E-state index contributed by atoms with van der Waals surface area (Å²) in [5.41, 5.74) is -1.70. The molecule has 6 nitrogen and oxygen atoms in total. The van der Waals surface area contributed by atoms with Crippen LogP contribution in [0.15, 0.2) is 47.1 Å². The third-order valence-electron chi connectivity index (χ3n) is 3.81. The molecule has 0 radical (unpaired) electrons. The Balaban J connectivity index is 2.04. The van der Waals surface area contributed by atoms with Gasteiger partial charge < -0.3 is 15.2 Å². The number of phenols is 1. The number of phenolic OH excluding ortho intramolecular Hbond substituents is 1. The van der Waals surface area contributed by atoms with Gasteiger partial charge in [0.05, 0.1) is 21.8 Å². The predicted molar refractivity (Wildman–Crippen MR) is 98.5 cm³/mol. The van der Waals surface area contributed by atoms with Gasteiger partial charge in [-0.25, -0.2) is 4.39 Å². The van der Waals surface area contributed by atoms with E-state index < -0.39 is 51.3 Å². The average Bonchev–Trinajstić information content (AvgIpc) is 2.64. The first-order chi connectivity index (χ1) is 14.0. The van der Waals surface area contributed by atoms with Crippen LogP contribution in [0.3, 0.4) is 0 Å². The highest BCUT2D eigenvalue weighted by Gasteiger charge is 2.35. The molecule has 156 valence electrons. The number of allylic oxidation sites excluding steroid dienone is 1. The van der Waals surface area contributed by atoms with Crippen LogP contribution >= 0.6 is 11.6 Å². The Bertz CT molecular complexity index is 1100. The molecule has 2 aromatic rings. The van der Waals surface area contributed by atoms with Crippen LogP contribution in [-0.4, -0.2) is 29.6 Å². The molecule has 0 bridgehead atoms. The quantitative estimate of drug-likeness (QED) is 0.692. The number of halogens is 5. The van der Waals surface area contributed by atoms with E-state index in [-0.39, 0.29) is 18.0 Å². The first kappa shape index (κ1) is 21.3. The van der Waals surface area contributed by atoms with Gasteiger partial charge in [0.15, 0.2) is 17.3 Å². The zero-order valence-corrected chi connectivity index (χ0v) is 15.5. The van der Waals surface area contributed by atoms with E-state index in [0.29, 0.717) is 12.1 Å². The van der Waals surface area contributed by atoms with Gasteiger partial charge in [0.2, 0.25) is 0 Å². The summed E-state index contributed by atoms with van der Waals surface area (Å²) in [6.45, 7) is -0.0936. The lowest BCUT2D eigenvalue weighted by Crippen LogP contribution is -2.27. The number of hydrogen-bond acceptors (Lipinski definition) is 5. The van der Waals surface area contributed by atoms with E-state index in [1.165, 1.54) is 6.21 Å². The minimum atomic E-state index is -4.86. The summed E-state index contributed by atoms with van der Waals surface area (Å²) in [5, 5.41) is 11.3. The number of rotatable bonds is 4. The molecule has 0 saturated heterocycles. The van der Waals surface area contributed by atoms with Crippen LogP contribution in [0.1, 0.15) is 15.9 Å². The molecule has 0 aromatic heterocycles. The van der Waals surface area contributed by atoms with Crippen LogP contribution in [-0.2, 0) is 11.0 Å². The molecule has 0 saturated carbocycles. The maximum atomic E-state index is 13.2. The lowest BCUT2D eigenvalue weighted by molar-refractivity contribution is -0.137. The molecule has 3 rings (SSSR count). The Labute approximate surface area is 171 Å². The van der Waals surface area contributed by atoms with Crippen LogP contribution in [0.2, 0.25) is 5.02 Å². The molecule has 2 aromatic carbocycles. The number of hydrogen-bond donors (Lipinski definition) is 2. The van der Waals surface area contributed by atoms with Crippen molar-refractivity contribution in [2.24, 2.45) is 4.99 Å². The van der Waals surface area contributed by atoms with Gasteiger partial charge in [-0.2, -0.15) is 13.2 Å². The van der Waals surface area contributed by atoms with E-state index in [4.69, 9.17) is 16.3 Å². The molecule has 0 atom stereocenters. The number of ether oxygens (including phenoxy) is 1. The van der Waals surface area contributed by atoms with E-state index >= 15 is 0 Å². The van der Waals surface area contributed by atoms with Crippen LogP contribution < -0.4 is 10.1 Å². The van der Waals surface area contributed by atoms with Gasteiger partial charge in [0.25, 0.3) is 5.91 Å². The highest BCUT2D eigenvalue weighted by molar-refractivity contribution is 6.32. The Morgan fingerprint density at radius 3 is 2.57 bits per heavy atom. The second kappa shape index (κ2) is 8.15. The molecule has 0 unspecified atom stereocenters. The Hall–Kier alpha value is -3.40. The van der Waals surface area contributed by atoms with Crippen LogP contribution in [0.5, 0.6) is 17.2 Å². The minimum Gasteiger partial charge on any atom is -0.504 e. The number of ketones is 1. The summed E-state index contributed by atoms with van der Waals surface area (Å²) < 4.78 is 58.2. The average molecular weight is 443 g/mol. The van der Waals surface area contributed by atoms with Gasteiger partial charge in [-0.3, -0.25) is 14.6 Å². The molecule has 1 heterocycles. The third-order valence-corrected chi connectivity index (χ3v) is 4.12. The van der Waals surface area contributed by atoms with Crippen molar-refractivity contribution in [2.75, 3.05) is 6.54 Å². The van der Waals surface area contributed by atoms with Crippen LogP contribution in [0, 0.1) is 5.82 Å². The van der Waals surface area contributed by atoms with E-state index in [9.17, 15) is 32.3 Å². The number of aliphatic imine (C=N–C) groups is 1. The molecule has 11 heteroatoms. The van der Waals surface area contributed by atoms with Crippen LogP contribution in [0.4, 0.5) is 17.6 Å². The Morgan fingerprint density at radius 1 is 1.20 bits per heavy atom. The molecule has 2 N–H and O–H groups in total. The lowest BCUT2D eigenvalue weighted by Gasteiger charge is -2.17. The largest absolute Gasteiger partial charge is 0.504 e. The number of amides is 1. The fraction of sp³-hybridized carbons (Fsp3) is 0.105. The van der Waals surface area contributed by atoms with Crippen LogP contribution in [0.25, 0.3) is 0 Å². The fourth-order valence-corrected chi connectivity index (χ4v) is 2.76. The van der Waals surface area contributed by atoms with Crippen molar-refractivity contribution in [2.45, 2.75) is 6.18 Å². The van der Waals surface area contributed by atoms with Crippen molar-refractivity contribution in [1.29, 1.82) is 0 Å². The zero-order valence-electron chi connectivity index (χ0n) is 14.8. The molecule has 1 aliphatic heterocycles.